The molecule has 2 heterocycles. The molecule has 0 bridgehead atoms. The summed E-state index contributed by atoms with van der Waals surface area (Å²) in [6, 6.07) is 1.71. The summed E-state index contributed by atoms with van der Waals surface area (Å²) in [4.78, 5) is 12.6. The van der Waals surface area contributed by atoms with Crippen LogP contribution in [-0.2, 0) is 0 Å². The lowest BCUT2D eigenvalue weighted by Crippen LogP contribution is -2.02. The number of aromatic nitrogens is 3. The molecule has 0 radical (unpaired) electrons. The van der Waals surface area contributed by atoms with Crippen molar-refractivity contribution in [2.45, 2.75) is 30.0 Å². The molecule has 2 aromatic rings. The zero-order valence-corrected chi connectivity index (χ0v) is 9.86. The molecule has 0 aromatic carbocycles. The molecule has 0 amide bonds. The normalized spacial score (nSPS) is 10.9. The second-order valence-electron chi connectivity index (χ2n) is 3.54. The van der Waals surface area contributed by atoms with Gasteiger partial charge in [-0.2, -0.15) is 0 Å². The predicted molar refractivity (Wildman–Crippen MR) is 61.2 cm³/mol. The van der Waals surface area contributed by atoms with Crippen molar-refractivity contribution in [2.24, 2.45) is 0 Å². The largest absolute Gasteiger partial charge is 0.440 e. The quantitative estimate of drug-likeness (QED) is 0.824. The average molecular weight is 236 g/mol. The molecule has 0 saturated carbocycles. The Bertz CT molecular complexity index is 470. The van der Waals surface area contributed by atoms with Gasteiger partial charge < -0.3 is 10.2 Å². The van der Waals surface area contributed by atoms with Crippen molar-refractivity contribution in [2.75, 3.05) is 5.73 Å². The lowest BCUT2D eigenvalue weighted by Gasteiger charge is -2.06. The number of nitrogen functional groups attached to an aromatic ring is 1. The first-order valence-corrected chi connectivity index (χ1v) is 5.68. The molecule has 0 saturated heterocycles. The number of rotatable bonds is 3. The van der Waals surface area contributed by atoms with Crippen molar-refractivity contribution < 1.29 is 4.42 Å². The fourth-order valence-corrected chi connectivity index (χ4v) is 1.84. The van der Waals surface area contributed by atoms with Crippen LogP contribution in [0.2, 0.25) is 0 Å². The average Bonchev–Trinajstić information content (AvgIpc) is 2.69. The molecule has 0 aliphatic carbocycles. The Morgan fingerprint density at radius 1 is 1.38 bits per heavy atom. The van der Waals surface area contributed by atoms with Crippen molar-refractivity contribution in [3.63, 3.8) is 0 Å². The molecule has 16 heavy (non-hydrogen) atoms. The Hall–Kier alpha value is -1.56. The van der Waals surface area contributed by atoms with E-state index in [1.807, 2.05) is 13.8 Å². The summed E-state index contributed by atoms with van der Waals surface area (Å²) < 4.78 is 5.13. The highest BCUT2D eigenvalue weighted by atomic mass is 32.2. The third-order valence-corrected chi connectivity index (χ3v) is 2.65. The Morgan fingerprint density at radius 3 is 2.81 bits per heavy atom. The van der Waals surface area contributed by atoms with Gasteiger partial charge in [-0.1, -0.05) is 13.8 Å². The SMILES string of the molecule is CC(C)c1nc(N)cc(Sc2ncco2)n1. The Kier molecular flexibility index (Phi) is 3.09. The maximum atomic E-state index is 5.71. The van der Waals surface area contributed by atoms with E-state index in [9.17, 15) is 0 Å². The van der Waals surface area contributed by atoms with Crippen molar-refractivity contribution in [1.29, 1.82) is 0 Å². The van der Waals surface area contributed by atoms with E-state index >= 15 is 0 Å². The van der Waals surface area contributed by atoms with E-state index in [1.54, 1.807) is 12.3 Å². The first-order chi connectivity index (χ1) is 7.65. The number of hydrogen-bond donors (Lipinski definition) is 1. The van der Waals surface area contributed by atoms with Crippen molar-refractivity contribution in [1.82, 2.24) is 15.0 Å². The van der Waals surface area contributed by atoms with Gasteiger partial charge in [-0.3, -0.25) is 0 Å². The van der Waals surface area contributed by atoms with Crippen LogP contribution in [0.4, 0.5) is 5.82 Å². The molecule has 2 N–H and O–H groups in total. The molecule has 6 heteroatoms. The van der Waals surface area contributed by atoms with Crippen molar-refractivity contribution >= 4 is 17.6 Å². The Labute approximate surface area is 97.5 Å². The summed E-state index contributed by atoms with van der Waals surface area (Å²) in [5.41, 5.74) is 5.71. The summed E-state index contributed by atoms with van der Waals surface area (Å²) in [6.07, 6.45) is 3.12. The van der Waals surface area contributed by atoms with E-state index in [-0.39, 0.29) is 5.92 Å². The monoisotopic (exact) mass is 236 g/mol. The minimum atomic E-state index is 0.243. The molecule has 0 aliphatic rings. The highest BCUT2D eigenvalue weighted by Gasteiger charge is 2.09. The Morgan fingerprint density at radius 2 is 2.19 bits per heavy atom. The van der Waals surface area contributed by atoms with E-state index in [0.29, 0.717) is 11.0 Å². The molecule has 0 unspecified atom stereocenters. The van der Waals surface area contributed by atoms with Crippen LogP contribution in [0.3, 0.4) is 0 Å². The van der Waals surface area contributed by atoms with Crippen LogP contribution in [0, 0.1) is 0 Å². The molecular formula is C10H12N4OS. The standard InChI is InChI=1S/C10H12N4OS/c1-6(2)9-13-7(11)5-8(14-9)16-10-12-3-4-15-10/h3-6H,1-2H3,(H2,11,13,14). The molecule has 0 spiro atoms. The summed E-state index contributed by atoms with van der Waals surface area (Å²) in [6.45, 7) is 4.04. The van der Waals surface area contributed by atoms with Gasteiger partial charge in [-0.05, 0) is 11.8 Å². The maximum absolute atomic E-state index is 5.71. The zero-order valence-electron chi connectivity index (χ0n) is 9.04. The van der Waals surface area contributed by atoms with E-state index in [4.69, 9.17) is 10.2 Å². The second kappa shape index (κ2) is 4.52. The third kappa shape index (κ3) is 2.52. The lowest BCUT2D eigenvalue weighted by atomic mass is 10.2. The van der Waals surface area contributed by atoms with Gasteiger partial charge in [0.15, 0.2) is 0 Å². The smallest absolute Gasteiger partial charge is 0.261 e. The summed E-state index contributed by atoms with van der Waals surface area (Å²) in [7, 11) is 0. The molecule has 5 nitrogen and oxygen atoms in total. The van der Waals surface area contributed by atoms with Crippen molar-refractivity contribution in [3.8, 4) is 0 Å². The highest BCUT2D eigenvalue weighted by molar-refractivity contribution is 7.99. The predicted octanol–water partition coefficient (Wildman–Crippen LogP) is 2.32. The van der Waals surface area contributed by atoms with Crippen LogP contribution in [0.25, 0.3) is 0 Å². The van der Waals surface area contributed by atoms with Gasteiger partial charge in [0.05, 0.1) is 6.20 Å². The number of nitrogens with two attached hydrogens (primary N) is 1. The van der Waals surface area contributed by atoms with Gasteiger partial charge in [-0.25, -0.2) is 15.0 Å². The molecule has 0 aliphatic heterocycles. The van der Waals surface area contributed by atoms with Gasteiger partial charge in [-0.15, -0.1) is 0 Å². The molecule has 2 rings (SSSR count). The summed E-state index contributed by atoms with van der Waals surface area (Å²) >= 11 is 1.33. The topological polar surface area (TPSA) is 77.8 Å². The Balaban J connectivity index is 2.27. The summed E-state index contributed by atoms with van der Waals surface area (Å²) in [5, 5.41) is 1.30. The van der Waals surface area contributed by atoms with Gasteiger partial charge in [0.2, 0.25) is 0 Å². The lowest BCUT2D eigenvalue weighted by molar-refractivity contribution is 0.454. The molecular weight excluding hydrogens is 224 g/mol. The van der Waals surface area contributed by atoms with E-state index in [0.717, 1.165) is 10.9 Å². The van der Waals surface area contributed by atoms with Gasteiger partial charge >= 0.3 is 0 Å². The minimum absolute atomic E-state index is 0.243. The number of oxazole rings is 1. The van der Waals surface area contributed by atoms with Crippen LogP contribution in [0.1, 0.15) is 25.6 Å². The molecule has 2 aromatic heterocycles. The fraction of sp³-hybridized carbons (Fsp3) is 0.300. The first kappa shape index (κ1) is 10.9. The maximum Gasteiger partial charge on any atom is 0.261 e. The second-order valence-corrected chi connectivity index (χ2v) is 4.52. The third-order valence-electron chi connectivity index (χ3n) is 1.86. The van der Waals surface area contributed by atoms with Crippen LogP contribution in [-0.4, -0.2) is 15.0 Å². The fourth-order valence-electron chi connectivity index (χ4n) is 1.12. The summed E-state index contributed by atoms with van der Waals surface area (Å²) in [5.74, 6) is 1.44. The molecule has 0 atom stereocenters. The minimum Gasteiger partial charge on any atom is -0.440 e. The molecule has 0 fully saturated rings. The van der Waals surface area contributed by atoms with Crippen LogP contribution in [0.5, 0.6) is 0 Å². The van der Waals surface area contributed by atoms with Crippen molar-refractivity contribution in [3.05, 3.63) is 24.4 Å². The van der Waals surface area contributed by atoms with Gasteiger partial charge in [0.25, 0.3) is 5.22 Å². The van der Waals surface area contributed by atoms with Crippen LogP contribution < -0.4 is 5.73 Å². The highest BCUT2D eigenvalue weighted by Crippen LogP contribution is 2.26. The van der Waals surface area contributed by atoms with Gasteiger partial charge in [0, 0.05) is 12.0 Å². The molecule has 84 valence electrons. The van der Waals surface area contributed by atoms with Gasteiger partial charge in [0.1, 0.15) is 22.9 Å². The van der Waals surface area contributed by atoms with Crippen LogP contribution in [0.15, 0.2) is 33.2 Å². The van der Waals surface area contributed by atoms with E-state index in [1.165, 1.54) is 18.0 Å². The van der Waals surface area contributed by atoms with Crippen LogP contribution >= 0.6 is 11.8 Å². The number of hydrogen-bond acceptors (Lipinski definition) is 6. The first-order valence-electron chi connectivity index (χ1n) is 4.87. The number of nitrogens with zero attached hydrogens (tertiary/aromatic N) is 3. The van der Waals surface area contributed by atoms with E-state index in [2.05, 4.69) is 15.0 Å². The number of anilines is 1. The van der Waals surface area contributed by atoms with E-state index < -0.39 is 0 Å². The zero-order chi connectivity index (χ0) is 11.5.